The molecular weight excluding hydrogens is 367 g/mol. The maximum atomic E-state index is 13.5. The van der Waals surface area contributed by atoms with Gasteiger partial charge >= 0.3 is 6.18 Å². The average Bonchev–Trinajstić information content (AvgIpc) is 3.03. The molecular formula is C13H9ClF3N5OS. The molecule has 1 saturated heterocycles. The van der Waals surface area contributed by atoms with Crippen molar-refractivity contribution < 1.29 is 17.7 Å². The number of halogens is 4. The van der Waals surface area contributed by atoms with Gasteiger partial charge in [0.05, 0.1) is 10.8 Å². The summed E-state index contributed by atoms with van der Waals surface area (Å²) >= 11 is 7.50. The Kier molecular flexibility index (Phi) is 2.63. The fraction of sp³-hybridized carbons (Fsp3) is 0.462. The molecule has 0 radical (unpaired) electrons. The van der Waals surface area contributed by atoms with Gasteiger partial charge in [0.25, 0.3) is 0 Å². The van der Waals surface area contributed by atoms with Crippen molar-refractivity contribution in [1.29, 1.82) is 0 Å². The van der Waals surface area contributed by atoms with E-state index in [9.17, 15) is 13.2 Å². The molecule has 3 aromatic rings. The van der Waals surface area contributed by atoms with Gasteiger partial charge in [-0.2, -0.15) is 18.2 Å². The van der Waals surface area contributed by atoms with E-state index in [2.05, 4.69) is 20.4 Å². The van der Waals surface area contributed by atoms with Gasteiger partial charge in [-0.15, -0.1) is 11.3 Å². The summed E-state index contributed by atoms with van der Waals surface area (Å²) in [6.45, 7) is 0.0402. The van der Waals surface area contributed by atoms with Gasteiger partial charge in [0.15, 0.2) is 10.1 Å². The average molecular weight is 376 g/mol. The number of hydrogen-bond donors (Lipinski definition) is 1. The van der Waals surface area contributed by atoms with E-state index in [1.807, 2.05) is 5.38 Å². The number of nitrogens with one attached hydrogen (secondary N) is 1. The first-order valence-corrected chi connectivity index (χ1v) is 8.37. The lowest BCUT2D eigenvalue weighted by Gasteiger charge is -2.18. The lowest BCUT2D eigenvalue weighted by atomic mass is 9.95. The van der Waals surface area contributed by atoms with Gasteiger partial charge in [-0.05, 0) is 6.42 Å². The molecule has 3 aromatic heterocycles. The van der Waals surface area contributed by atoms with Crippen molar-refractivity contribution in [3.63, 3.8) is 0 Å². The van der Waals surface area contributed by atoms with Gasteiger partial charge in [-0.3, -0.25) is 4.40 Å². The molecule has 0 aromatic carbocycles. The highest BCUT2D eigenvalue weighted by Gasteiger charge is 2.84. The van der Waals surface area contributed by atoms with Crippen LogP contribution in [0, 0.1) is 5.41 Å². The molecule has 0 bridgehead atoms. The van der Waals surface area contributed by atoms with E-state index in [-0.39, 0.29) is 36.4 Å². The van der Waals surface area contributed by atoms with Crippen LogP contribution in [0.2, 0.25) is 5.15 Å². The van der Waals surface area contributed by atoms with Crippen molar-refractivity contribution in [2.45, 2.75) is 18.0 Å². The first-order chi connectivity index (χ1) is 11.4. The van der Waals surface area contributed by atoms with Crippen molar-refractivity contribution in [2.24, 2.45) is 5.41 Å². The summed E-state index contributed by atoms with van der Waals surface area (Å²) in [6.07, 6.45) is -2.61. The number of imidazole rings is 1. The highest BCUT2D eigenvalue weighted by molar-refractivity contribution is 7.15. The molecule has 24 heavy (non-hydrogen) atoms. The number of nitrogens with zero attached hydrogens (tertiary/aromatic N) is 4. The van der Waals surface area contributed by atoms with Gasteiger partial charge < -0.3 is 9.84 Å². The summed E-state index contributed by atoms with van der Waals surface area (Å²) in [5, 5.41) is 8.66. The second-order valence-electron chi connectivity index (χ2n) is 6.17. The summed E-state index contributed by atoms with van der Waals surface area (Å²) in [6, 6.07) is 0. The number of hydrogen-bond acceptors (Lipinski definition) is 6. The first kappa shape index (κ1) is 14.7. The van der Waals surface area contributed by atoms with E-state index in [1.165, 1.54) is 11.3 Å². The zero-order valence-electron chi connectivity index (χ0n) is 11.9. The number of alkyl halides is 3. The first-order valence-electron chi connectivity index (χ1n) is 7.11. The Bertz CT molecular complexity index is 965. The normalized spacial score (nSPS) is 29.3. The van der Waals surface area contributed by atoms with Crippen LogP contribution in [0.15, 0.2) is 16.1 Å². The Labute approximate surface area is 141 Å². The van der Waals surface area contributed by atoms with Crippen LogP contribution >= 0.6 is 22.9 Å². The van der Waals surface area contributed by atoms with Gasteiger partial charge in [-0.1, -0.05) is 16.8 Å². The molecule has 1 saturated carbocycles. The minimum Gasteiger partial charge on any atom is -0.338 e. The molecule has 126 valence electrons. The number of piperidine rings is 1. The summed E-state index contributed by atoms with van der Waals surface area (Å²) in [4.78, 5) is 9.06. The number of thiazole rings is 1. The molecule has 0 spiro atoms. The van der Waals surface area contributed by atoms with E-state index >= 15 is 0 Å². The summed E-state index contributed by atoms with van der Waals surface area (Å²) in [7, 11) is 0. The van der Waals surface area contributed by atoms with Gasteiger partial charge in [0.1, 0.15) is 5.69 Å². The Morgan fingerprint density at radius 3 is 2.92 bits per heavy atom. The molecule has 0 amide bonds. The van der Waals surface area contributed by atoms with Crippen LogP contribution < -0.4 is 5.32 Å². The van der Waals surface area contributed by atoms with E-state index < -0.39 is 17.0 Å². The predicted octanol–water partition coefficient (Wildman–Crippen LogP) is 2.89. The van der Waals surface area contributed by atoms with Crippen LogP contribution in [0.3, 0.4) is 0 Å². The third-order valence-corrected chi connectivity index (χ3v) is 6.08. The van der Waals surface area contributed by atoms with Gasteiger partial charge in [-0.25, -0.2) is 4.98 Å². The van der Waals surface area contributed by atoms with E-state index in [0.29, 0.717) is 10.7 Å². The molecule has 2 atom stereocenters. The minimum atomic E-state index is -4.32. The van der Waals surface area contributed by atoms with Crippen LogP contribution in [-0.2, 0) is 5.41 Å². The summed E-state index contributed by atoms with van der Waals surface area (Å²) in [5.41, 5.74) is -2.58. The van der Waals surface area contributed by atoms with E-state index in [0.717, 1.165) is 0 Å². The Morgan fingerprint density at radius 2 is 2.17 bits per heavy atom. The van der Waals surface area contributed by atoms with E-state index in [4.69, 9.17) is 16.1 Å². The van der Waals surface area contributed by atoms with Gasteiger partial charge in [0, 0.05) is 24.7 Å². The van der Waals surface area contributed by atoms with Gasteiger partial charge in [0.2, 0.25) is 11.7 Å². The van der Waals surface area contributed by atoms with Crippen molar-refractivity contribution in [1.82, 2.24) is 24.8 Å². The van der Waals surface area contributed by atoms with Crippen LogP contribution in [0.25, 0.3) is 16.5 Å². The molecule has 2 aliphatic rings. The fourth-order valence-corrected chi connectivity index (χ4v) is 4.74. The molecule has 5 rings (SSSR count). The van der Waals surface area contributed by atoms with E-state index in [1.54, 1.807) is 10.6 Å². The minimum absolute atomic E-state index is 0.000992. The zero-order valence-corrected chi connectivity index (χ0v) is 13.5. The molecule has 1 aliphatic carbocycles. The Hall–Kier alpha value is -1.65. The summed E-state index contributed by atoms with van der Waals surface area (Å²) in [5.74, 6) is 0.145. The summed E-state index contributed by atoms with van der Waals surface area (Å²) < 4.78 is 47.3. The molecule has 0 unspecified atom stereocenters. The van der Waals surface area contributed by atoms with Crippen LogP contribution in [0.4, 0.5) is 13.2 Å². The quantitative estimate of drug-likeness (QED) is 0.746. The highest BCUT2D eigenvalue weighted by Crippen LogP contribution is 2.72. The second kappa shape index (κ2) is 4.30. The molecule has 2 fully saturated rings. The third-order valence-electron chi connectivity index (χ3n) is 5.06. The zero-order chi connectivity index (χ0) is 16.7. The van der Waals surface area contributed by atoms with Crippen molar-refractivity contribution in [3.05, 3.63) is 22.6 Å². The van der Waals surface area contributed by atoms with Crippen LogP contribution in [-0.4, -0.2) is 38.8 Å². The Morgan fingerprint density at radius 1 is 1.33 bits per heavy atom. The lowest BCUT2D eigenvalue weighted by Crippen LogP contribution is -2.33. The SMILES string of the molecule is FC(F)(F)[C@@]12CNC[C@]1(c1nc(-c3c(Cl)nc4sccn34)no1)C2. The van der Waals surface area contributed by atoms with Crippen molar-refractivity contribution in [2.75, 3.05) is 13.1 Å². The monoisotopic (exact) mass is 375 g/mol. The number of rotatable bonds is 2. The lowest BCUT2D eigenvalue weighted by molar-refractivity contribution is -0.187. The Balaban J connectivity index is 1.60. The smallest absolute Gasteiger partial charge is 0.338 e. The third kappa shape index (κ3) is 1.58. The number of aromatic nitrogens is 4. The highest BCUT2D eigenvalue weighted by atomic mass is 35.5. The molecule has 1 N–H and O–H groups in total. The standard InChI is InChI=1S/C13H9ClF3N5OS/c14-7-6(22-1-2-24-10(22)19-7)8-20-9(23-21-8)11-3-12(11,5-18-4-11)13(15,16)17/h1-2,18H,3-5H2/t11-,12-/m0/s1. The fourth-order valence-electron chi connectivity index (χ4n) is 3.72. The maximum Gasteiger partial charge on any atom is 0.396 e. The topological polar surface area (TPSA) is 68.2 Å². The number of fused-ring (bicyclic) bond motifs is 2. The second-order valence-corrected chi connectivity index (χ2v) is 7.40. The predicted molar refractivity (Wildman–Crippen MR) is 79.0 cm³/mol. The maximum absolute atomic E-state index is 13.5. The molecule has 6 nitrogen and oxygen atoms in total. The van der Waals surface area contributed by atoms with Crippen LogP contribution in [0.1, 0.15) is 12.3 Å². The molecule has 4 heterocycles. The van der Waals surface area contributed by atoms with Crippen molar-refractivity contribution in [3.8, 4) is 11.5 Å². The van der Waals surface area contributed by atoms with Crippen molar-refractivity contribution >= 4 is 27.9 Å². The largest absolute Gasteiger partial charge is 0.396 e. The van der Waals surface area contributed by atoms with Crippen LogP contribution in [0.5, 0.6) is 0 Å². The molecule has 1 aliphatic heterocycles. The molecule has 11 heteroatoms.